The van der Waals surface area contributed by atoms with Crippen molar-refractivity contribution in [1.29, 1.82) is 0 Å². The maximum Gasteiger partial charge on any atom is 0.127 e. The minimum absolute atomic E-state index is 0.146. The summed E-state index contributed by atoms with van der Waals surface area (Å²) in [5.74, 6) is -0.146. The van der Waals surface area contributed by atoms with Crippen LogP contribution in [0.2, 0.25) is 0 Å². The Morgan fingerprint density at radius 1 is 1.44 bits per heavy atom. The van der Waals surface area contributed by atoms with E-state index in [1.165, 1.54) is 6.07 Å². The van der Waals surface area contributed by atoms with Crippen molar-refractivity contribution < 1.29 is 9.13 Å². The number of ether oxygens (including phenoxy) is 1. The van der Waals surface area contributed by atoms with E-state index in [9.17, 15) is 4.39 Å². The summed E-state index contributed by atoms with van der Waals surface area (Å²) in [5.41, 5.74) is 0.724. The molecule has 0 fully saturated rings. The zero-order valence-corrected chi connectivity index (χ0v) is 11.2. The van der Waals surface area contributed by atoms with Crippen LogP contribution in [0.3, 0.4) is 0 Å². The fourth-order valence-electron chi connectivity index (χ4n) is 1.55. The third-order valence-electron chi connectivity index (χ3n) is 2.26. The third-order valence-corrected chi connectivity index (χ3v) is 2.81. The van der Waals surface area contributed by atoms with Crippen LogP contribution in [0.5, 0.6) is 0 Å². The van der Waals surface area contributed by atoms with Crippen molar-refractivity contribution in [2.24, 2.45) is 0 Å². The van der Waals surface area contributed by atoms with E-state index >= 15 is 0 Å². The Hall–Kier alpha value is -0.450. The van der Waals surface area contributed by atoms with Crippen LogP contribution in [0.1, 0.15) is 5.56 Å². The lowest BCUT2D eigenvalue weighted by atomic mass is 10.2. The molecule has 0 amide bonds. The quantitative estimate of drug-likeness (QED) is 0.747. The molecule has 1 rings (SSSR count). The molecule has 0 aliphatic heterocycles. The first-order valence-electron chi connectivity index (χ1n) is 5.18. The Kier molecular flexibility index (Phi) is 5.95. The molecule has 1 unspecified atom stereocenters. The molecule has 0 radical (unpaired) electrons. The molecule has 1 atom stereocenters. The molecule has 0 bridgehead atoms. The molecule has 0 aliphatic carbocycles. The predicted molar refractivity (Wildman–Crippen MR) is 67.3 cm³/mol. The lowest BCUT2D eigenvalue weighted by Crippen LogP contribution is -2.28. The SMILES string of the molecule is COCC(Br)CN(C)Cc1ccccc1F. The minimum Gasteiger partial charge on any atom is -0.383 e. The van der Waals surface area contributed by atoms with Gasteiger partial charge in [0.05, 0.1) is 11.4 Å². The summed E-state index contributed by atoms with van der Waals surface area (Å²) in [4.78, 5) is 2.34. The smallest absolute Gasteiger partial charge is 0.127 e. The fraction of sp³-hybridized carbons (Fsp3) is 0.500. The summed E-state index contributed by atoms with van der Waals surface area (Å²) in [5, 5.41) is 0. The van der Waals surface area contributed by atoms with Crippen molar-refractivity contribution in [3.63, 3.8) is 0 Å². The second-order valence-corrected chi connectivity index (χ2v) is 5.14. The first-order chi connectivity index (χ1) is 7.63. The number of hydrogen-bond donors (Lipinski definition) is 0. The number of halogens is 2. The Morgan fingerprint density at radius 2 is 2.12 bits per heavy atom. The summed E-state index contributed by atoms with van der Waals surface area (Å²) in [6.07, 6.45) is 0. The molecular weight excluding hydrogens is 273 g/mol. The first kappa shape index (κ1) is 13.6. The van der Waals surface area contributed by atoms with Crippen molar-refractivity contribution >= 4 is 15.9 Å². The number of nitrogens with zero attached hydrogens (tertiary/aromatic N) is 1. The van der Waals surface area contributed by atoms with Gasteiger partial charge in [-0.2, -0.15) is 0 Å². The fourth-order valence-corrected chi connectivity index (χ4v) is 2.31. The van der Waals surface area contributed by atoms with E-state index in [-0.39, 0.29) is 10.6 Å². The van der Waals surface area contributed by atoms with Crippen LogP contribution in [0.4, 0.5) is 4.39 Å². The zero-order valence-electron chi connectivity index (χ0n) is 9.62. The van der Waals surface area contributed by atoms with Crippen molar-refractivity contribution in [1.82, 2.24) is 4.90 Å². The van der Waals surface area contributed by atoms with Gasteiger partial charge < -0.3 is 9.64 Å². The summed E-state index contributed by atoms with van der Waals surface area (Å²) < 4.78 is 18.4. The maximum atomic E-state index is 13.4. The van der Waals surface area contributed by atoms with Crippen molar-refractivity contribution in [2.45, 2.75) is 11.4 Å². The van der Waals surface area contributed by atoms with E-state index in [1.54, 1.807) is 13.2 Å². The lowest BCUT2D eigenvalue weighted by molar-refractivity contribution is 0.184. The van der Waals surface area contributed by atoms with E-state index in [2.05, 4.69) is 20.8 Å². The van der Waals surface area contributed by atoms with Crippen molar-refractivity contribution in [2.75, 3.05) is 27.3 Å². The average Bonchev–Trinajstić information content (AvgIpc) is 2.21. The van der Waals surface area contributed by atoms with E-state index in [0.29, 0.717) is 13.2 Å². The normalized spacial score (nSPS) is 13.1. The number of hydrogen-bond acceptors (Lipinski definition) is 2. The van der Waals surface area contributed by atoms with Gasteiger partial charge in [0.1, 0.15) is 5.82 Å². The van der Waals surface area contributed by atoms with Crippen LogP contribution in [-0.2, 0) is 11.3 Å². The Bertz CT molecular complexity index is 322. The van der Waals surface area contributed by atoms with Gasteiger partial charge in [-0.3, -0.25) is 0 Å². The second-order valence-electron chi connectivity index (χ2n) is 3.84. The molecule has 1 aromatic rings. The highest BCUT2D eigenvalue weighted by atomic mass is 79.9. The Labute approximate surface area is 105 Å². The van der Waals surface area contributed by atoms with Crippen molar-refractivity contribution in [3.05, 3.63) is 35.6 Å². The van der Waals surface area contributed by atoms with Gasteiger partial charge in [0, 0.05) is 25.8 Å². The molecule has 0 N–H and O–H groups in total. The molecule has 0 heterocycles. The topological polar surface area (TPSA) is 12.5 Å². The van der Waals surface area contributed by atoms with Gasteiger partial charge >= 0.3 is 0 Å². The second kappa shape index (κ2) is 6.99. The van der Waals surface area contributed by atoms with Gasteiger partial charge in [0.15, 0.2) is 0 Å². The zero-order chi connectivity index (χ0) is 12.0. The molecule has 0 aliphatic rings. The summed E-state index contributed by atoms with van der Waals surface area (Å²) in [7, 11) is 3.64. The maximum absolute atomic E-state index is 13.4. The first-order valence-corrected chi connectivity index (χ1v) is 6.10. The summed E-state index contributed by atoms with van der Waals surface area (Å²) >= 11 is 3.51. The van der Waals surface area contributed by atoms with Gasteiger partial charge in [0.25, 0.3) is 0 Å². The van der Waals surface area contributed by atoms with Crippen LogP contribution in [-0.4, -0.2) is 37.0 Å². The van der Waals surface area contributed by atoms with Gasteiger partial charge in [0.2, 0.25) is 0 Å². The largest absolute Gasteiger partial charge is 0.383 e. The molecule has 90 valence electrons. The molecule has 0 saturated heterocycles. The van der Waals surface area contributed by atoms with Gasteiger partial charge in [-0.1, -0.05) is 34.1 Å². The highest BCUT2D eigenvalue weighted by Gasteiger charge is 2.09. The highest BCUT2D eigenvalue weighted by molar-refractivity contribution is 9.09. The van der Waals surface area contributed by atoms with Gasteiger partial charge in [-0.05, 0) is 13.1 Å². The monoisotopic (exact) mass is 289 g/mol. The number of rotatable bonds is 6. The van der Waals surface area contributed by atoms with E-state index in [4.69, 9.17) is 4.74 Å². The highest BCUT2D eigenvalue weighted by Crippen LogP contribution is 2.10. The van der Waals surface area contributed by atoms with Crippen LogP contribution < -0.4 is 0 Å². The van der Waals surface area contributed by atoms with Crippen LogP contribution in [0.25, 0.3) is 0 Å². The van der Waals surface area contributed by atoms with E-state index < -0.39 is 0 Å². The molecule has 0 saturated carbocycles. The van der Waals surface area contributed by atoms with Crippen LogP contribution in [0, 0.1) is 5.82 Å². The molecule has 4 heteroatoms. The molecule has 1 aromatic carbocycles. The molecule has 0 aromatic heterocycles. The van der Waals surface area contributed by atoms with Gasteiger partial charge in [-0.25, -0.2) is 4.39 Å². The number of alkyl halides is 1. The molecular formula is C12H17BrFNO. The van der Waals surface area contributed by atoms with Crippen LogP contribution in [0.15, 0.2) is 24.3 Å². The Morgan fingerprint density at radius 3 is 2.75 bits per heavy atom. The molecule has 2 nitrogen and oxygen atoms in total. The van der Waals surface area contributed by atoms with E-state index in [0.717, 1.165) is 12.1 Å². The number of methoxy groups -OCH3 is 1. The summed E-state index contributed by atoms with van der Waals surface area (Å²) in [6, 6.07) is 6.86. The predicted octanol–water partition coefficient (Wildman–Crippen LogP) is 2.67. The minimum atomic E-state index is -0.146. The lowest BCUT2D eigenvalue weighted by Gasteiger charge is -2.20. The van der Waals surface area contributed by atoms with E-state index in [1.807, 2.05) is 19.2 Å². The van der Waals surface area contributed by atoms with Crippen LogP contribution >= 0.6 is 15.9 Å². The van der Waals surface area contributed by atoms with Gasteiger partial charge in [-0.15, -0.1) is 0 Å². The Balaban J connectivity index is 2.45. The standard InChI is InChI=1S/C12H17BrFNO/c1-15(8-11(13)9-16-2)7-10-5-3-4-6-12(10)14/h3-6,11H,7-9H2,1-2H3. The average molecular weight is 290 g/mol. The molecule has 0 spiro atoms. The third kappa shape index (κ3) is 4.60. The van der Waals surface area contributed by atoms with Crippen molar-refractivity contribution in [3.8, 4) is 0 Å². The molecule has 16 heavy (non-hydrogen) atoms. The summed E-state index contributed by atoms with van der Waals surface area (Å²) in [6.45, 7) is 2.09. The number of benzene rings is 1.